The van der Waals surface area contributed by atoms with Gasteiger partial charge in [-0.25, -0.2) is 4.79 Å². The average molecular weight is 338 g/mol. The van der Waals surface area contributed by atoms with Gasteiger partial charge in [-0.1, -0.05) is 19.4 Å². The molecule has 2 aromatic rings. The van der Waals surface area contributed by atoms with Crippen LogP contribution >= 0.6 is 22.7 Å². The fraction of sp³-hybridized carbons (Fsp3) is 0.438. The first-order valence-corrected chi connectivity index (χ1v) is 9.00. The molecule has 0 aliphatic rings. The summed E-state index contributed by atoms with van der Waals surface area (Å²) in [4.78, 5) is 16.6. The van der Waals surface area contributed by atoms with Gasteiger partial charge in [-0.2, -0.15) is 0 Å². The third kappa shape index (κ3) is 3.69. The molecule has 0 aliphatic carbocycles. The molecule has 0 unspecified atom stereocenters. The van der Waals surface area contributed by atoms with Gasteiger partial charge in [0, 0.05) is 21.9 Å². The molecule has 2 rings (SSSR count). The summed E-state index contributed by atoms with van der Waals surface area (Å²) >= 11 is 3.10. The summed E-state index contributed by atoms with van der Waals surface area (Å²) in [6.07, 6.45) is 2.33. The molecule has 0 aromatic carbocycles. The number of nitrogen functional groups attached to an aromatic ring is 1. The Labute approximate surface area is 139 Å². The van der Waals surface area contributed by atoms with Gasteiger partial charge in [0.15, 0.2) is 0 Å². The van der Waals surface area contributed by atoms with Gasteiger partial charge < -0.3 is 15.4 Å². The monoisotopic (exact) mass is 338 g/mol. The van der Waals surface area contributed by atoms with Crippen molar-refractivity contribution in [3.8, 4) is 10.4 Å². The minimum atomic E-state index is -0.361. The molecule has 0 fully saturated rings. The van der Waals surface area contributed by atoms with Gasteiger partial charge in [-0.15, -0.1) is 22.7 Å². The van der Waals surface area contributed by atoms with Gasteiger partial charge in [-0.3, -0.25) is 0 Å². The Morgan fingerprint density at radius 3 is 2.82 bits per heavy atom. The maximum absolute atomic E-state index is 12.1. The summed E-state index contributed by atoms with van der Waals surface area (Å²) in [5, 5.41) is 2.54. The number of hydrogen-bond acceptors (Lipinski definition) is 6. The number of nitrogens with two attached hydrogens (primary N) is 1. The second kappa shape index (κ2) is 7.76. The number of nitrogens with zero attached hydrogens (tertiary/aromatic N) is 1. The standard InChI is InChI=1S/C16H22N2O2S2/c1-4-5-8-18(2)10-12-13(11-7-6-9-21-11)14(15(17)22-12)16(19)20-3/h6-7,9H,4-5,8,10,17H2,1-3H3. The van der Waals surface area contributed by atoms with Gasteiger partial charge in [0.2, 0.25) is 0 Å². The number of methoxy groups -OCH3 is 1. The minimum absolute atomic E-state index is 0.361. The van der Waals surface area contributed by atoms with E-state index in [2.05, 4.69) is 18.9 Å². The van der Waals surface area contributed by atoms with Crippen LogP contribution in [0.5, 0.6) is 0 Å². The summed E-state index contributed by atoms with van der Waals surface area (Å²) in [7, 11) is 3.49. The SMILES string of the molecule is CCCCN(C)Cc1sc(N)c(C(=O)OC)c1-c1cccs1. The second-order valence-corrected chi connectivity index (χ2v) is 7.28. The van der Waals surface area contributed by atoms with Gasteiger partial charge in [0.1, 0.15) is 10.6 Å². The first kappa shape index (κ1) is 17.0. The topological polar surface area (TPSA) is 55.6 Å². The third-order valence-corrected chi connectivity index (χ3v) is 5.36. The predicted molar refractivity (Wildman–Crippen MR) is 94.6 cm³/mol. The molecule has 0 bridgehead atoms. The van der Waals surface area contributed by atoms with Crippen molar-refractivity contribution in [1.29, 1.82) is 0 Å². The molecular formula is C16H22N2O2S2. The van der Waals surface area contributed by atoms with Crippen molar-refractivity contribution in [2.24, 2.45) is 0 Å². The van der Waals surface area contributed by atoms with Crippen LogP contribution in [0.1, 0.15) is 35.0 Å². The maximum Gasteiger partial charge on any atom is 0.341 e. The molecule has 2 heterocycles. The van der Waals surface area contributed by atoms with Crippen LogP contribution in [-0.2, 0) is 11.3 Å². The highest BCUT2D eigenvalue weighted by Gasteiger charge is 2.25. The van der Waals surface area contributed by atoms with Gasteiger partial charge in [0.25, 0.3) is 0 Å². The third-order valence-electron chi connectivity index (χ3n) is 3.47. The molecule has 0 atom stereocenters. The number of anilines is 1. The zero-order chi connectivity index (χ0) is 16.1. The van der Waals surface area contributed by atoms with Crippen LogP contribution in [-0.4, -0.2) is 31.6 Å². The molecule has 22 heavy (non-hydrogen) atoms. The van der Waals surface area contributed by atoms with Gasteiger partial charge in [-0.05, 0) is 31.5 Å². The molecule has 120 valence electrons. The summed E-state index contributed by atoms with van der Waals surface area (Å²) in [5.41, 5.74) is 7.55. The highest BCUT2D eigenvalue weighted by atomic mass is 32.1. The Bertz CT molecular complexity index is 620. The van der Waals surface area contributed by atoms with Crippen molar-refractivity contribution >= 4 is 33.6 Å². The lowest BCUT2D eigenvalue weighted by molar-refractivity contribution is 0.0603. The first-order chi connectivity index (χ1) is 10.6. The van der Waals surface area contributed by atoms with Crippen molar-refractivity contribution in [1.82, 2.24) is 4.90 Å². The Hall–Kier alpha value is -1.37. The average Bonchev–Trinajstić information content (AvgIpc) is 3.11. The number of rotatable bonds is 7. The summed E-state index contributed by atoms with van der Waals surface area (Å²) < 4.78 is 4.92. The number of hydrogen-bond donors (Lipinski definition) is 1. The predicted octanol–water partition coefficient (Wildman–Crippen LogP) is 4.08. The number of carbonyl (C=O) groups is 1. The van der Waals surface area contributed by atoms with Crippen LogP contribution in [0.4, 0.5) is 5.00 Å². The molecule has 0 amide bonds. The van der Waals surface area contributed by atoms with Crippen molar-refractivity contribution < 1.29 is 9.53 Å². The van der Waals surface area contributed by atoms with Crippen molar-refractivity contribution in [2.45, 2.75) is 26.3 Å². The van der Waals surface area contributed by atoms with Crippen LogP contribution in [0.25, 0.3) is 10.4 Å². The Balaban J connectivity index is 2.39. The normalized spacial score (nSPS) is 11.1. The van der Waals surface area contributed by atoms with Crippen LogP contribution in [0.2, 0.25) is 0 Å². The van der Waals surface area contributed by atoms with E-state index in [9.17, 15) is 4.79 Å². The lowest BCUT2D eigenvalue weighted by atomic mass is 10.1. The molecule has 0 radical (unpaired) electrons. The number of carbonyl (C=O) groups excluding carboxylic acids is 1. The molecule has 4 nitrogen and oxygen atoms in total. The van der Waals surface area contributed by atoms with Crippen LogP contribution < -0.4 is 5.73 Å². The van der Waals surface area contributed by atoms with E-state index in [0.29, 0.717) is 10.6 Å². The molecule has 0 saturated heterocycles. The second-order valence-electron chi connectivity index (χ2n) is 5.20. The van der Waals surface area contributed by atoms with Crippen LogP contribution in [0.3, 0.4) is 0 Å². The highest BCUT2D eigenvalue weighted by molar-refractivity contribution is 7.18. The number of unbranched alkanes of at least 4 members (excludes halogenated alkanes) is 1. The van der Waals surface area contributed by atoms with E-state index in [1.54, 1.807) is 11.3 Å². The quantitative estimate of drug-likeness (QED) is 0.773. The van der Waals surface area contributed by atoms with Crippen molar-refractivity contribution in [2.75, 3.05) is 26.4 Å². The maximum atomic E-state index is 12.1. The molecule has 2 aromatic heterocycles. The molecule has 6 heteroatoms. The lowest BCUT2D eigenvalue weighted by Crippen LogP contribution is -2.18. The Morgan fingerprint density at radius 1 is 1.45 bits per heavy atom. The first-order valence-electron chi connectivity index (χ1n) is 7.30. The van der Waals surface area contributed by atoms with E-state index in [1.807, 2.05) is 17.5 Å². The Morgan fingerprint density at radius 2 is 2.23 bits per heavy atom. The molecular weight excluding hydrogens is 316 g/mol. The molecule has 0 aliphatic heterocycles. The highest BCUT2D eigenvalue weighted by Crippen LogP contribution is 2.41. The van der Waals surface area contributed by atoms with Gasteiger partial charge >= 0.3 is 5.97 Å². The van der Waals surface area contributed by atoms with E-state index in [4.69, 9.17) is 10.5 Å². The zero-order valence-electron chi connectivity index (χ0n) is 13.2. The minimum Gasteiger partial charge on any atom is -0.465 e. The van der Waals surface area contributed by atoms with E-state index >= 15 is 0 Å². The largest absolute Gasteiger partial charge is 0.465 e. The zero-order valence-corrected chi connectivity index (χ0v) is 14.9. The van der Waals surface area contributed by atoms with Gasteiger partial charge in [0.05, 0.1) is 7.11 Å². The summed E-state index contributed by atoms with van der Waals surface area (Å²) in [6, 6.07) is 4.01. The van der Waals surface area contributed by atoms with Crippen LogP contribution in [0, 0.1) is 0 Å². The van der Waals surface area contributed by atoms with E-state index < -0.39 is 0 Å². The number of ether oxygens (including phenoxy) is 1. The lowest BCUT2D eigenvalue weighted by Gasteiger charge is -2.16. The van der Waals surface area contributed by atoms with Crippen molar-refractivity contribution in [3.63, 3.8) is 0 Å². The summed E-state index contributed by atoms with van der Waals surface area (Å²) in [5.74, 6) is -0.361. The fourth-order valence-electron chi connectivity index (χ4n) is 2.35. The number of thiophene rings is 2. The van der Waals surface area contributed by atoms with Crippen molar-refractivity contribution in [3.05, 3.63) is 28.0 Å². The summed E-state index contributed by atoms with van der Waals surface area (Å²) in [6.45, 7) is 4.01. The van der Waals surface area contributed by atoms with E-state index in [-0.39, 0.29) is 5.97 Å². The Kier molecular flexibility index (Phi) is 5.99. The fourth-order valence-corrected chi connectivity index (χ4v) is 4.37. The van der Waals surface area contributed by atoms with Crippen LogP contribution in [0.15, 0.2) is 17.5 Å². The molecule has 2 N–H and O–H groups in total. The van der Waals surface area contributed by atoms with E-state index in [0.717, 1.165) is 34.8 Å². The van der Waals surface area contributed by atoms with E-state index in [1.165, 1.54) is 24.9 Å². The molecule has 0 spiro atoms. The number of esters is 1. The molecule has 0 saturated carbocycles. The smallest absolute Gasteiger partial charge is 0.341 e.